The van der Waals surface area contributed by atoms with Gasteiger partial charge >= 0.3 is 0 Å². The average molecular weight is 503 g/mol. The lowest BCUT2D eigenvalue weighted by Crippen LogP contribution is -2.45. The molecule has 4 nitrogen and oxygen atoms in total. The molecule has 0 saturated heterocycles. The number of halogens is 1. The highest BCUT2D eigenvalue weighted by molar-refractivity contribution is 7.14. The van der Waals surface area contributed by atoms with Gasteiger partial charge in [0, 0.05) is 40.0 Å². The van der Waals surface area contributed by atoms with E-state index in [-0.39, 0.29) is 12.5 Å². The molecule has 7 heteroatoms. The van der Waals surface area contributed by atoms with E-state index in [1.165, 1.54) is 26.5 Å². The maximum Gasteiger partial charge on any atom is 0.237 e. The minimum Gasteiger partial charge on any atom is -0.396 e. The number of nitrogens with one attached hydrogen (secondary N) is 1. The highest BCUT2D eigenvalue weighted by atomic mass is 35.5. The van der Waals surface area contributed by atoms with Crippen LogP contribution in [0.25, 0.3) is 5.57 Å². The quantitative estimate of drug-likeness (QED) is 0.343. The van der Waals surface area contributed by atoms with Gasteiger partial charge in [-0.1, -0.05) is 35.9 Å². The van der Waals surface area contributed by atoms with Crippen molar-refractivity contribution in [3.8, 4) is 0 Å². The molecule has 176 valence electrons. The van der Waals surface area contributed by atoms with Gasteiger partial charge in [0.15, 0.2) is 0 Å². The first-order chi connectivity index (χ1) is 15.9. The van der Waals surface area contributed by atoms with Gasteiger partial charge in [-0.3, -0.25) is 9.69 Å². The summed E-state index contributed by atoms with van der Waals surface area (Å²) in [5, 5.41) is 17.4. The Morgan fingerprint density at radius 3 is 2.30 bits per heavy atom. The summed E-state index contributed by atoms with van der Waals surface area (Å²) in [6, 6.07) is 11.4. The van der Waals surface area contributed by atoms with Gasteiger partial charge in [-0.15, -0.1) is 22.7 Å². The minimum absolute atomic E-state index is 0.0433. The number of hydrogen-bond donors (Lipinski definition) is 2. The lowest BCUT2D eigenvalue weighted by Gasteiger charge is -2.26. The van der Waals surface area contributed by atoms with Gasteiger partial charge in [0.1, 0.15) is 0 Å². The molecule has 1 aromatic carbocycles. The number of benzene rings is 1. The molecule has 0 aliphatic rings. The van der Waals surface area contributed by atoms with Gasteiger partial charge in [0.25, 0.3) is 0 Å². The first kappa shape index (κ1) is 25.7. The summed E-state index contributed by atoms with van der Waals surface area (Å²) in [5.41, 5.74) is 4.71. The molecule has 0 spiro atoms. The molecule has 33 heavy (non-hydrogen) atoms. The molecular weight excluding hydrogens is 472 g/mol. The van der Waals surface area contributed by atoms with Crippen molar-refractivity contribution in [1.29, 1.82) is 0 Å². The smallest absolute Gasteiger partial charge is 0.237 e. The molecule has 1 unspecified atom stereocenters. The van der Waals surface area contributed by atoms with Crippen molar-refractivity contribution in [2.24, 2.45) is 0 Å². The van der Waals surface area contributed by atoms with Crippen molar-refractivity contribution < 1.29 is 9.90 Å². The molecule has 0 aliphatic heterocycles. The van der Waals surface area contributed by atoms with Gasteiger partial charge in [0.2, 0.25) is 5.91 Å². The van der Waals surface area contributed by atoms with Crippen LogP contribution in [0.5, 0.6) is 0 Å². The summed E-state index contributed by atoms with van der Waals surface area (Å²) in [4.78, 5) is 17.5. The van der Waals surface area contributed by atoms with Gasteiger partial charge < -0.3 is 10.4 Å². The Kier molecular flexibility index (Phi) is 9.71. The molecule has 2 N–H and O–H groups in total. The second-order valence-electron chi connectivity index (χ2n) is 8.09. The second kappa shape index (κ2) is 12.5. The molecule has 3 aromatic rings. The van der Waals surface area contributed by atoms with E-state index in [0.29, 0.717) is 24.5 Å². The Bertz CT molecular complexity index is 1050. The first-order valence-electron chi connectivity index (χ1n) is 11.0. The highest BCUT2D eigenvalue weighted by Gasteiger charge is 2.22. The standard InChI is InChI=1S/C26H31ClN2O2S2/c1-18-11-15-32-24(18)21(25-19(2)12-16-33-25)8-6-13-29(3)23(10-14-30)26(31)28-17-20-7-4-5-9-22(20)27/h4-5,7-9,11-12,15-16,23,30H,6,10,13-14,17H2,1-3H3,(H,28,31). The zero-order valence-electron chi connectivity index (χ0n) is 19.3. The van der Waals surface area contributed by atoms with Crippen molar-refractivity contribution in [3.63, 3.8) is 0 Å². The van der Waals surface area contributed by atoms with E-state index in [1.54, 1.807) is 22.7 Å². The summed E-state index contributed by atoms with van der Waals surface area (Å²) in [5.74, 6) is -0.0983. The molecule has 2 heterocycles. The highest BCUT2D eigenvalue weighted by Crippen LogP contribution is 2.35. The number of likely N-dealkylation sites (N-methyl/N-ethyl adjacent to an activating group) is 1. The number of aliphatic hydroxyl groups excluding tert-OH is 1. The van der Waals surface area contributed by atoms with Crippen LogP contribution in [-0.2, 0) is 11.3 Å². The molecule has 2 aromatic heterocycles. The minimum atomic E-state index is -0.402. The lowest BCUT2D eigenvalue weighted by atomic mass is 10.0. The Balaban J connectivity index is 1.67. The van der Waals surface area contributed by atoms with Crippen molar-refractivity contribution in [3.05, 3.63) is 84.7 Å². The fraction of sp³-hybridized carbons (Fsp3) is 0.346. The number of rotatable bonds is 11. The van der Waals surface area contributed by atoms with Gasteiger partial charge in [-0.05, 0) is 79.4 Å². The van der Waals surface area contributed by atoms with Crippen molar-refractivity contribution in [2.45, 2.75) is 39.3 Å². The van der Waals surface area contributed by atoms with Crippen LogP contribution in [0.4, 0.5) is 0 Å². The Morgan fingerprint density at radius 1 is 1.12 bits per heavy atom. The average Bonchev–Trinajstić information content (AvgIpc) is 3.42. The first-order valence-corrected chi connectivity index (χ1v) is 13.2. The van der Waals surface area contributed by atoms with Crippen LogP contribution in [0.2, 0.25) is 5.02 Å². The largest absolute Gasteiger partial charge is 0.396 e. The SMILES string of the molecule is Cc1ccsc1C(=CCCN(C)C(CCO)C(=O)NCc1ccccc1Cl)c1sccc1C. The molecule has 0 aliphatic carbocycles. The van der Waals surface area contributed by atoms with E-state index in [9.17, 15) is 9.90 Å². The molecule has 0 bridgehead atoms. The lowest BCUT2D eigenvalue weighted by molar-refractivity contribution is -0.126. The Hall–Kier alpha value is -1.96. The zero-order valence-corrected chi connectivity index (χ0v) is 21.7. The van der Waals surface area contributed by atoms with Crippen LogP contribution in [0, 0.1) is 13.8 Å². The molecule has 0 saturated carbocycles. The number of aliphatic hydroxyl groups is 1. The third-order valence-corrected chi connectivity index (χ3v) is 8.16. The van der Waals surface area contributed by atoms with Crippen LogP contribution >= 0.6 is 34.3 Å². The molecular formula is C26H31ClN2O2S2. The van der Waals surface area contributed by atoms with E-state index in [1.807, 2.05) is 36.2 Å². The predicted molar refractivity (Wildman–Crippen MR) is 141 cm³/mol. The third kappa shape index (κ3) is 6.78. The zero-order chi connectivity index (χ0) is 23.8. The van der Waals surface area contributed by atoms with Crippen molar-refractivity contribution in [2.75, 3.05) is 20.2 Å². The van der Waals surface area contributed by atoms with E-state index in [4.69, 9.17) is 11.6 Å². The number of nitrogens with zero attached hydrogens (tertiary/aromatic N) is 1. The second-order valence-corrected chi connectivity index (χ2v) is 10.3. The summed E-state index contributed by atoms with van der Waals surface area (Å²) in [7, 11) is 1.94. The van der Waals surface area contributed by atoms with Crippen molar-refractivity contribution >= 4 is 45.8 Å². The van der Waals surface area contributed by atoms with E-state index in [0.717, 1.165) is 12.0 Å². The maximum atomic E-state index is 12.9. The number of aryl methyl sites for hydroxylation is 2. The summed E-state index contributed by atoms with van der Waals surface area (Å²) in [6.45, 7) is 5.33. The Morgan fingerprint density at radius 2 is 1.76 bits per heavy atom. The molecule has 3 rings (SSSR count). The Labute approximate surface area is 209 Å². The monoisotopic (exact) mass is 502 g/mol. The van der Waals surface area contributed by atoms with E-state index < -0.39 is 6.04 Å². The number of carbonyl (C=O) groups excluding carboxylic acids is 1. The van der Waals surface area contributed by atoms with Crippen LogP contribution in [0.3, 0.4) is 0 Å². The number of hydrogen-bond acceptors (Lipinski definition) is 5. The topological polar surface area (TPSA) is 52.6 Å². The number of thiophene rings is 2. The molecule has 0 fully saturated rings. The third-order valence-electron chi connectivity index (χ3n) is 5.69. The molecule has 1 atom stereocenters. The van der Waals surface area contributed by atoms with Crippen LogP contribution in [0.15, 0.2) is 53.2 Å². The number of carbonyl (C=O) groups is 1. The fourth-order valence-electron chi connectivity index (χ4n) is 3.77. The maximum absolute atomic E-state index is 12.9. The van der Waals surface area contributed by atoms with E-state index in [2.05, 4.69) is 48.1 Å². The van der Waals surface area contributed by atoms with Crippen molar-refractivity contribution in [1.82, 2.24) is 10.2 Å². The number of amides is 1. The predicted octanol–water partition coefficient (Wildman–Crippen LogP) is 5.90. The van der Waals surface area contributed by atoms with E-state index >= 15 is 0 Å². The van der Waals surface area contributed by atoms with Gasteiger partial charge in [0.05, 0.1) is 6.04 Å². The normalized spacial score (nSPS) is 12.1. The summed E-state index contributed by atoms with van der Waals surface area (Å²) in [6.07, 6.45) is 3.47. The summed E-state index contributed by atoms with van der Waals surface area (Å²) < 4.78 is 0. The summed E-state index contributed by atoms with van der Waals surface area (Å²) >= 11 is 9.74. The fourth-order valence-corrected chi connectivity index (χ4v) is 5.99. The van der Waals surface area contributed by atoms with Crippen LogP contribution < -0.4 is 5.32 Å². The van der Waals surface area contributed by atoms with Crippen LogP contribution in [0.1, 0.15) is 39.3 Å². The van der Waals surface area contributed by atoms with Gasteiger partial charge in [-0.25, -0.2) is 0 Å². The molecule has 1 amide bonds. The van der Waals surface area contributed by atoms with Crippen LogP contribution in [-0.4, -0.2) is 42.2 Å². The molecule has 0 radical (unpaired) electrons. The van der Waals surface area contributed by atoms with Gasteiger partial charge in [-0.2, -0.15) is 0 Å².